The highest BCUT2D eigenvalue weighted by atomic mass is 16.4. The van der Waals surface area contributed by atoms with Crippen LogP contribution in [0, 0.1) is 18.8 Å². The van der Waals surface area contributed by atoms with Gasteiger partial charge in [-0.3, -0.25) is 4.79 Å². The van der Waals surface area contributed by atoms with Crippen molar-refractivity contribution in [1.29, 1.82) is 0 Å². The van der Waals surface area contributed by atoms with E-state index in [0.29, 0.717) is 18.5 Å². The Morgan fingerprint density at radius 3 is 2.26 bits per heavy atom. The largest absolute Gasteiger partial charge is 0.550 e. The molecule has 0 aliphatic heterocycles. The molecule has 1 aliphatic carbocycles. The third kappa shape index (κ3) is 3.22. The van der Waals surface area contributed by atoms with E-state index in [1.165, 1.54) is 0 Å². The van der Waals surface area contributed by atoms with Crippen molar-refractivity contribution in [2.45, 2.75) is 19.8 Å². The molecule has 0 radical (unpaired) electrons. The Kier molecular flexibility index (Phi) is 4.00. The Balaban J connectivity index is 2.08. The van der Waals surface area contributed by atoms with Crippen molar-refractivity contribution in [3.63, 3.8) is 0 Å². The molecule has 0 unspecified atom stereocenters. The minimum atomic E-state index is -1.16. The van der Waals surface area contributed by atoms with Gasteiger partial charge in [-0.1, -0.05) is 29.8 Å². The van der Waals surface area contributed by atoms with Gasteiger partial charge in [0.05, 0.1) is 5.92 Å². The smallest absolute Gasteiger partial charge is 0.228 e. The number of anilines is 1. The van der Waals surface area contributed by atoms with Gasteiger partial charge in [0.1, 0.15) is 0 Å². The molecule has 0 fully saturated rings. The van der Waals surface area contributed by atoms with E-state index in [2.05, 4.69) is 5.32 Å². The van der Waals surface area contributed by atoms with Gasteiger partial charge >= 0.3 is 0 Å². The van der Waals surface area contributed by atoms with E-state index in [9.17, 15) is 14.7 Å². The third-order valence-electron chi connectivity index (χ3n) is 3.39. The number of carbonyl (C=O) groups is 2. The molecule has 1 N–H and O–H groups in total. The van der Waals surface area contributed by atoms with Crippen LogP contribution in [0.1, 0.15) is 18.4 Å². The van der Waals surface area contributed by atoms with Gasteiger partial charge in [0.25, 0.3) is 0 Å². The normalized spacial score (nSPS) is 21.9. The Bertz CT molecular complexity index is 505. The number of benzene rings is 1. The second-order valence-corrected chi connectivity index (χ2v) is 4.83. The SMILES string of the molecule is Cc1ccc(NC(=O)[C@H]2CC=CC[C@H]2C(=O)[O-])cc1. The number of hydrogen-bond donors (Lipinski definition) is 1. The zero-order valence-electron chi connectivity index (χ0n) is 10.8. The number of rotatable bonds is 3. The molecular weight excluding hydrogens is 242 g/mol. The summed E-state index contributed by atoms with van der Waals surface area (Å²) in [5.74, 6) is -2.72. The number of nitrogens with one attached hydrogen (secondary N) is 1. The van der Waals surface area contributed by atoms with Crippen molar-refractivity contribution in [1.82, 2.24) is 0 Å². The zero-order valence-corrected chi connectivity index (χ0v) is 10.8. The van der Waals surface area contributed by atoms with Crippen LogP contribution >= 0.6 is 0 Å². The van der Waals surface area contributed by atoms with E-state index in [1.807, 2.05) is 25.1 Å². The van der Waals surface area contributed by atoms with Crippen molar-refractivity contribution < 1.29 is 14.7 Å². The highest BCUT2D eigenvalue weighted by molar-refractivity contribution is 5.95. The van der Waals surface area contributed by atoms with Crippen molar-refractivity contribution in [3.8, 4) is 0 Å². The van der Waals surface area contributed by atoms with E-state index >= 15 is 0 Å². The average molecular weight is 258 g/mol. The molecule has 2 atom stereocenters. The first-order valence-electron chi connectivity index (χ1n) is 6.31. The molecule has 4 nitrogen and oxygen atoms in total. The van der Waals surface area contributed by atoms with Crippen LogP contribution in [-0.4, -0.2) is 11.9 Å². The molecule has 100 valence electrons. The van der Waals surface area contributed by atoms with Crippen molar-refractivity contribution in [2.75, 3.05) is 5.32 Å². The fraction of sp³-hybridized carbons (Fsp3) is 0.333. The van der Waals surface area contributed by atoms with Crippen LogP contribution in [0.3, 0.4) is 0 Å². The number of amides is 1. The van der Waals surface area contributed by atoms with Gasteiger partial charge in [-0.25, -0.2) is 0 Å². The minimum absolute atomic E-state index is 0.262. The van der Waals surface area contributed by atoms with Crippen LogP contribution in [0.2, 0.25) is 0 Å². The van der Waals surface area contributed by atoms with Crippen LogP contribution in [0.4, 0.5) is 5.69 Å². The Morgan fingerprint density at radius 1 is 1.11 bits per heavy atom. The van der Waals surface area contributed by atoms with E-state index < -0.39 is 17.8 Å². The summed E-state index contributed by atoms with van der Waals surface area (Å²) in [5.41, 5.74) is 1.79. The van der Waals surface area contributed by atoms with Gasteiger partial charge < -0.3 is 15.2 Å². The lowest BCUT2D eigenvalue weighted by atomic mass is 9.82. The molecule has 1 aliphatic rings. The molecule has 0 saturated carbocycles. The third-order valence-corrected chi connectivity index (χ3v) is 3.39. The summed E-state index contributed by atoms with van der Waals surface area (Å²) < 4.78 is 0. The van der Waals surface area contributed by atoms with Crippen molar-refractivity contribution in [3.05, 3.63) is 42.0 Å². The number of aryl methyl sites for hydroxylation is 1. The summed E-state index contributed by atoms with van der Waals surface area (Å²) in [5, 5.41) is 13.8. The summed E-state index contributed by atoms with van der Waals surface area (Å²) >= 11 is 0. The molecule has 0 spiro atoms. The van der Waals surface area contributed by atoms with Crippen LogP contribution in [0.5, 0.6) is 0 Å². The maximum absolute atomic E-state index is 12.1. The van der Waals surface area contributed by atoms with E-state index in [0.717, 1.165) is 5.56 Å². The number of allylic oxidation sites excluding steroid dienone is 2. The molecule has 19 heavy (non-hydrogen) atoms. The van der Waals surface area contributed by atoms with Gasteiger partial charge in [0.2, 0.25) is 5.91 Å². The van der Waals surface area contributed by atoms with E-state index in [1.54, 1.807) is 18.2 Å². The molecule has 0 bridgehead atoms. The van der Waals surface area contributed by atoms with Gasteiger partial charge in [-0.15, -0.1) is 0 Å². The molecular formula is C15H16NO3-. The van der Waals surface area contributed by atoms with E-state index in [4.69, 9.17) is 0 Å². The second-order valence-electron chi connectivity index (χ2n) is 4.83. The van der Waals surface area contributed by atoms with Crippen LogP contribution in [-0.2, 0) is 9.59 Å². The zero-order chi connectivity index (χ0) is 13.8. The summed E-state index contributed by atoms with van der Waals surface area (Å²) in [7, 11) is 0. The Labute approximate surface area is 112 Å². The molecule has 0 aromatic heterocycles. The number of aliphatic carboxylic acids is 1. The fourth-order valence-electron chi connectivity index (χ4n) is 2.24. The van der Waals surface area contributed by atoms with E-state index in [-0.39, 0.29) is 5.91 Å². The highest BCUT2D eigenvalue weighted by Gasteiger charge is 2.29. The molecule has 1 aromatic carbocycles. The predicted molar refractivity (Wildman–Crippen MR) is 70.2 cm³/mol. The lowest BCUT2D eigenvalue weighted by molar-refractivity contribution is -0.313. The van der Waals surface area contributed by atoms with Crippen molar-refractivity contribution >= 4 is 17.6 Å². The summed E-state index contributed by atoms with van der Waals surface area (Å²) in [6.45, 7) is 1.96. The van der Waals surface area contributed by atoms with Crippen LogP contribution < -0.4 is 10.4 Å². The quantitative estimate of drug-likeness (QED) is 0.830. The molecule has 0 heterocycles. The van der Waals surface area contributed by atoms with Crippen molar-refractivity contribution in [2.24, 2.45) is 11.8 Å². The molecule has 1 aromatic rings. The van der Waals surface area contributed by atoms with Crippen LogP contribution in [0.25, 0.3) is 0 Å². The average Bonchev–Trinajstić information content (AvgIpc) is 2.41. The molecule has 0 saturated heterocycles. The highest BCUT2D eigenvalue weighted by Crippen LogP contribution is 2.26. The number of carboxylic acid groups (broad SMARTS) is 1. The monoisotopic (exact) mass is 258 g/mol. The summed E-state index contributed by atoms with van der Waals surface area (Å²) in [6.07, 6.45) is 4.43. The molecule has 1 amide bonds. The first kappa shape index (κ1) is 13.3. The maximum atomic E-state index is 12.1. The Morgan fingerprint density at radius 2 is 1.68 bits per heavy atom. The maximum Gasteiger partial charge on any atom is 0.228 e. The first-order valence-corrected chi connectivity index (χ1v) is 6.31. The number of carboxylic acids is 1. The first-order chi connectivity index (χ1) is 9.08. The number of hydrogen-bond acceptors (Lipinski definition) is 3. The van der Waals surface area contributed by atoms with Crippen LogP contribution in [0.15, 0.2) is 36.4 Å². The predicted octanol–water partition coefficient (Wildman–Crippen LogP) is 1.27. The van der Waals surface area contributed by atoms with Gasteiger partial charge in [0, 0.05) is 17.6 Å². The molecule has 2 rings (SSSR count). The minimum Gasteiger partial charge on any atom is -0.550 e. The summed E-state index contributed by atoms with van der Waals surface area (Å²) in [6, 6.07) is 7.40. The molecule has 4 heteroatoms. The fourth-order valence-corrected chi connectivity index (χ4v) is 2.24. The topological polar surface area (TPSA) is 69.2 Å². The number of carbonyl (C=O) groups excluding carboxylic acids is 2. The van der Waals surface area contributed by atoms with Gasteiger partial charge in [-0.05, 0) is 31.9 Å². The lowest BCUT2D eigenvalue weighted by Gasteiger charge is -2.28. The lowest BCUT2D eigenvalue weighted by Crippen LogP contribution is -2.41. The second kappa shape index (κ2) is 5.69. The van der Waals surface area contributed by atoms with Gasteiger partial charge in [-0.2, -0.15) is 0 Å². The van der Waals surface area contributed by atoms with Gasteiger partial charge in [0.15, 0.2) is 0 Å². The standard InChI is InChI=1S/C15H17NO3/c1-10-6-8-11(9-7-10)16-14(17)12-4-2-3-5-13(12)15(18)19/h2-3,6-9,12-13H,4-5H2,1H3,(H,16,17)(H,18,19)/p-1/t12-,13+/m0/s1. The summed E-state index contributed by atoms with van der Waals surface area (Å²) in [4.78, 5) is 23.2. The Hall–Kier alpha value is -2.10.